The van der Waals surface area contributed by atoms with Crippen LogP contribution >= 0.6 is 0 Å². The van der Waals surface area contributed by atoms with Crippen LogP contribution in [-0.4, -0.2) is 65.6 Å². The topological polar surface area (TPSA) is 127 Å². The lowest BCUT2D eigenvalue weighted by atomic mass is 10.1. The highest BCUT2D eigenvalue weighted by atomic mass is 32.2. The van der Waals surface area contributed by atoms with E-state index < -0.39 is 50.6 Å². The Bertz CT molecular complexity index is 1290. The average molecular weight is 513 g/mol. The van der Waals surface area contributed by atoms with Crippen LogP contribution in [0.4, 0.5) is 14.9 Å². The van der Waals surface area contributed by atoms with Gasteiger partial charge in [-0.2, -0.15) is 0 Å². The van der Waals surface area contributed by atoms with Crippen molar-refractivity contribution in [1.82, 2.24) is 14.2 Å². The zero-order chi connectivity index (χ0) is 24.8. The van der Waals surface area contributed by atoms with Gasteiger partial charge in [-0.3, -0.25) is 9.00 Å². The molecule has 0 spiro atoms. The summed E-state index contributed by atoms with van der Waals surface area (Å²) < 4.78 is 62.3. The van der Waals surface area contributed by atoms with E-state index in [0.29, 0.717) is 11.3 Å². The third-order valence-electron chi connectivity index (χ3n) is 5.89. The first kappa shape index (κ1) is 24.4. The van der Waals surface area contributed by atoms with Gasteiger partial charge in [0.15, 0.2) is 0 Å². The fourth-order valence-electron chi connectivity index (χ4n) is 4.24. The van der Waals surface area contributed by atoms with Crippen LogP contribution in [0.2, 0.25) is 0 Å². The minimum Gasteiger partial charge on any atom is -0.450 e. The maximum atomic E-state index is 13.6. The van der Waals surface area contributed by atoms with Crippen LogP contribution in [0.3, 0.4) is 0 Å². The number of benzene rings is 1. The summed E-state index contributed by atoms with van der Waals surface area (Å²) in [7, 11) is -4.50. The number of likely N-dealkylation sites (tertiary alicyclic amines) is 1. The molecule has 2 N–H and O–H groups in total. The lowest BCUT2D eigenvalue weighted by Crippen LogP contribution is -2.44. The van der Waals surface area contributed by atoms with E-state index in [1.807, 2.05) is 0 Å². The summed E-state index contributed by atoms with van der Waals surface area (Å²) in [5.74, 6) is -1.47. The van der Waals surface area contributed by atoms with Crippen molar-refractivity contribution in [2.75, 3.05) is 30.8 Å². The number of hydrogen-bond acceptors (Lipinski definition) is 6. The summed E-state index contributed by atoms with van der Waals surface area (Å²) in [6, 6.07) is 3.41. The maximum Gasteiger partial charge on any atom is 0.409 e. The molecule has 4 rings (SSSR count). The molecule has 1 saturated heterocycles. The van der Waals surface area contributed by atoms with Crippen molar-refractivity contribution in [1.29, 1.82) is 0 Å². The van der Waals surface area contributed by atoms with E-state index in [4.69, 9.17) is 4.74 Å². The van der Waals surface area contributed by atoms with E-state index in [1.165, 1.54) is 40.9 Å². The van der Waals surface area contributed by atoms with Crippen molar-refractivity contribution < 1.29 is 31.3 Å². The number of carbonyl (C=O) groups is 2. The van der Waals surface area contributed by atoms with E-state index in [-0.39, 0.29) is 40.9 Å². The first-order chi connectivity index (χ1) is 16.0. The van der Waals surface area contributed by atoms with Crippen LogP contribution in [0.1, 0.15) is 23.0 Å². The molecule has 34 heavy (non-hydrogen) atoms. The number of nitrogens with zero attached hydrogens (tertiary/aromatic N) is 2. The molecule has 2 aliphatic heterocycles. The second-order valence-electron chi connectivity index (χ2n) is 8.30. The highest BCUT2D eigenvalue weighted by Gasteiger charge is 2.44. The molecule has 0 radical (unpaired) electrons. The Hall–Kier alpha value is -2.77. The lowest BCUT2D eigenvalue weighted by molar-refractivity contribution is 0.101. The Balaban J connectivity index is 1.68. The third-order valence-corrected chi connectivity index (χ3v) is 9.12. The molecular weight excluding hydrogens is 487 g/mol. The van der Waals surface area contributed by atoms with E-state index in [9.17, 15) is 26.6 Å². The number of nitrogens with one attached hydrogen (secondary N) is 2. The SMILES string of the molecule is CCOC(=O)N1CC2NS(=O)(=O)c3cn(C)c(C(=O)Nc4ccc(F)c(C)c4)c3S(=O)C[C@@H]2C1. The summed E-state index contributed by atoms with van der Waals surface area (Å²) >= 11 is 0. The fourth-order valence-corrected chi connectivity index (χ4v) is 7.90. The molecule has 1 aromatic carbocycles. The number of halogens is 1. The van der Waals surface area contributed by atoms with E-state index >= 15 is 0 Å². The Morgan fingerprint density at radius 1 is 1.32 bits per heavy atom. The number of sulfonamides is 1. The molecule has 184 valence electrons. The Kier molecular flexibility index (Phi) is 6.53. The zero-order valence-electron chi connectivity index (χ0n) is 18.8. The Morgan fingerprint density at radius 3 is 2.74 bits per heavy atom. The van der Waals surface area contributed by atoms with Crippen LogP contribution in [0.25, 0.3) is 0 Å². The highest BCUT2D eigenvalue weighted by molar-refractivity contribution is 7.91. The van der Waals surface area contributed by atoms with E-state index in [2.05, 4.69) is 10.0 Å². The quantitative estimate of drug-likeness (QED) is 0.643. The van der Waals surface area contributed by atoms with Gasteiger partial charge in [0, 0.05) is 49.7 Å². The van der Waals surface area contributed by atoms with Gasteiger partial charge in [-0.1, -0.05) is 0 Å². The van der Waals surface area contributed by atoms with Crippen LogP contribution < -0.4 is 10.0 Å². The predicted molar refractivity (Wildman–Crippen MR) is 122 cm³/mol. The normalized spacial score (nSPS) is 23.4. The number of rotatable bonds is 3. The van der Waals surface area contributed by atoms with Crippen molar-refractivity contribution in [2.45, 2.75) is 29.7 Å². The van der Waals surface area contributed by atoms with Crippen LogP contribution in [0, 0.1) is 18.7 Å². The summed E-state index contributed by atoms with van der Waals surface area (Å²) in [6.07, 6.45) is 0.686. The van der Waals surface area contributed by atoms with Crippen LogP contribution in [0.5, 0.6) is 0 Å². The minimum atomic E-state index is -4.14. The van der Waals surface area contributed by atoms with Gasteiger partial charge in [0.25, 0.3) is 5.91 Å². The largest absolute Gasteiger partial charge is 0.450 e. The molecule has 2 amide bonds. The Labute approximate surface area is 199 Å². The van der Waals surface area contributed by atoms with Crippen molar-refractivity contribution in [3.8, 4) is 0 Å². The van der Waals surface area contributed by atoms with Crippen LogP contribution in [-0.2, 0) is 32.6 Å². The van der Waals surface area contributed by atoms with Crippen molar-refractivity contribution in [2.24, 2.45) is 13.0 Å². The van der Waals surface area contributed by atoms with Crippen LogP contribution in [0.15, 0.2) is 34.2 Å². The lowest BCUT2D eigenvalue weighted by Gasteiger charge is -2.22. The molecule has 2 aliphatic rings. The van der Waals surface area contributed by atoms with E-state index in [1.54, 1.807) is 13.8 Å². The van der Waals surface area contributed by atoms with Gasteiger partial charge in [0.05, 0.1) is 22.3 Å². The first-order valence-electron chi connectivity index (χ1n) is 10.6. The first-order valence-corrected chi connectivity index (χ1v) is 13.4. The van der Waals surface area contributed by atoms with Gasteiger partial charge >= 0.3 is 6.09 Å². The van der Waals surface area contributed by atoms with Gasteiger partial charge in [0.2, 0.25) is 10.0 Å². The predicted octanol–water partition coefficient (Wildman–Crippen LogP) is 1.58. The number of anilines is 1. The molecule has 0 saturated carbocycles. The number of aromatic nitrogens is 1. The smallest absolute Gasteiger partial charge is 0.409 e. The molecule has 13 heteroatoms. The van der Waals surface area contributed by atoms with Crippen molar-refractivity contribution in [3.63, 3.8) is 0 Å². The number of ether oxygens (including phenoxy) is 1. The summed E-state index contributed by atoms with van der Waals surface area (Å²) in [5, 5.41) is 2.62. The third kappa shape index (κ3) is 4.46. The minimum absolute atomic E-state index is 0.0516. The standard InChI is InChI=1S/C21H25FN4O6S2/c1-4-32-21(28)26-8-13-11-33(29)19-17(34(30,31)24-16(13)9-26)10-25(3)18(19)20(27)23-14-5-6-15(22)12(2)7-14/h5-7,10,13,16,24H,4,8-9,11H2,1-3H3,(H,23,27)/t13-,16?,33?/m0/s1. The van der Waals surface area contributed by atoms with Gasteiger partial charge in [-0.15, -0.1) is 0 Å². The van der Waals surface area contributed by atoms with Crippen molar-refractivity contribution >= 4 is 38.5 Å². The van der Waals surface area contributed by atoms with Gasteiger partial charge in [-0.25, -0.2) is 22.3 Å². The molecule has 3 atom stereocenters. The second-order valence-corrected chi connectivity index (χ2v) is 11.4. The maximum absolute atomic E-state index is 13.6. The molecule has 1 aromatic heterocycles. The van der Waals surface area contributed by atoms with Gasteiger partial charge in [0.1, 0.15) is 16.4 Å². The number of carbonyl (C=O) groups excluding carboxylic acids is 2. The Morgan fingerprint density at radius 2 is 2.06 bits per heavy atom. The molecule has 3 heterocycles. The molecular formula is C21H25FN4O6S2. The number of hydrogen-bond donors (Lipinski definition) is 2. The molecule has 1 fully saturated rings. The van der Waals surface area contributed by atoms with Crippen molar-refractivity contribution in [3.05, 3.63) is 41.5 Å². The number of aryl methyl sites for hydroxylation is 2. The monoisotopic (exact) mass is 512 g/mol. The zero-order valence-corrected chi connectivity index (χ0v) is 20.5. The molecule has 0 bridgehead atoms. The second kappa shape index (κ2) is 9.12. The summed E-state index contributed by atoms with van der Waals surface area (Å²) in [4.78, 5) is 26.3. The summed E-state index contributed by atoms with van der Waals surface area (Å²) in [6.45, 7) is 3.68. The molecule has 10 nitrogen and oxygen atoms in total. The molecule has 2 aromatic rings. The highest BCUT2D eigenvalue weighted by Crippen LogP contribution is 2.32. The average Bonchev–Trinajstić information content (AvgIpc) is 3.31. The number of amides is 2. The summed E-state index contributed by atoms with van der Waals surface area (Å²) in [5.41, 5.74) is 0.575. The van der Waals surface area contributed by atoms with Gasteiger partial charge < -0.3 is 19.5 Å². The fraction of sp³-hybridized carbons (Fsp3) is 0.429. The molecule has 2 unspecified atom stereocenters. The number of fused-ring (bicyclic) bond motifs is 2. The van der Waals surface area contributed by atoms with E-state index in [0.717, 1.165) is 0 Å². The molecule has 0 aliphatic carbocycles. The van der Waals surface area contributed by atoms with Gasteiger partial charge in [-0.05, 0) is 37.6 Å².